The Labute approximate surface area is 124 Å². The van der Waals surface area contributed by atoms with Crippen LogP contribution in [0, 0.1) is 0 Å². The maximum atomic E-state index is 12.4. The third kappa shape index (κ3) is 3.94. The van der Waals surface area contributed by atoms with E-state index in [1.165, 1.54) is 24.5 Å². The Kier molecular flexibility index (Phi) is 4.59. The molecule has 1 amide bonds. The number of amides is 1. The van der Waals surface area contributed by atoms with Gasteiger partial charge in [0.05, 0.1) is 5.56 Å². The molecule has 0 aliphatic heterocycles. The van der Waals surface area contributed by atoms with E-state index in [0.717, 1.165) is 12.1 Å². The number of anilines is 1. The van der Waals surface area contributed by atoms with Crippen molar-refractivity contribution >= 4 is 11.7 Å². The average molecular weight is 310 g/mol. The number of halogens is 3. The van der Waals surface area contributed by atoms with Crippen LogP contribution in [-0.2, 0) is 12.6 Å². The number of nitrogens with two attached hydrogens (primary N) is 1. The van der Waals surface area contributed by atoms with Gasteiger partial charge in [-0.3, -0.25) is 4.79 Å². The zero-order valence-corrected chi connectivity index (χ0v) is 11.4. The van der Waals surface area contributed by atoms with Crippen molar-refractivity contribution in [1.29, 1.82) is 0 Å². The fourth-order valence-corrected chi connectivity index (χ4v) is 1.79. The lowest BCUT2D eigenvalue weighted by Crippen LogP contribution is -2.27. The van der Waals surface area contributed by atoms with Gasteiger partial charge in [0.15, 0.2) is 11.5 Å². The normalized spacial score (nSPS) is 11.2. The topological polar surface area (TPSA) is 80.9 Å². The smallest absolute Gasteiger partial charge is 0.382 e. The zero-order chi connectivity index (χ0) is 16.2. The van der Waals surface area contributed by atoms with Gasteiger partial charge in [0.1, 0.15) is 0 Å². The fourth-order valence-electron chi connectivity index (χ4n) is 1.79. The number of nitrogens with zero attached hydrogens (tertiary/aromatic N) is 2. The summed E-state index contributed by atoms with van der Waals surface area (Å²) >= 11 is 0. The highest BCUT2D eigenvalue weighted by Gasteiger charge is 2.29. The number of carbonyl (C=O) groups is 1. The van der Waals surface area contributed by atoms with Crippen LogP contribution in [0.4, 0.5) is 19.0 Å². The van der Waals surface area contributed by atoms with Crippen molar-refractivity contribution in [1.82, 2.24) is 15.3 Å². The van der Waals surface area contributed by atoms with Gasteiger partial charge in [-0.15, -0.1) is 0 Å². The lowest BCUT2D eigenvalue weighted by molar-refractivity contribution is -0.137. The van der Waals surface area contributed by atoms with Crippen LogP contribution in [0.15, 0.2) is 36.7 Å². The summed E-state index contributed by atoms with van der Waals surface area (Å²) in [7, 11) is 0. The van der Waals surface area contributed by atoms with Crippen LogP contribution in [0.25, 0.3) is 0 Å². The second-order valence-electron chi connectivity index (χ2n) is 4.49. The predicted octanol–water partition coefficient (Wildman–Crippen LogP) is 2.05. The van der Waals surface area contributed by atoms with Crippen molar-refractivity contribution in [2.24, 2.45) is 0 Å². The van der Waals surface area contributed by atoms with Crippen molar-refractivity contribution < 1.29 is 18.0 Å². The molecule has 2 rings (SSSR count). The van der Waals surface area contributed by atoms with Crippen LogP contribution in [0.5, 0.6) is 0 Å². The monoisotopic (exact) mass is 310 g/mol. The SMILES string of the molecule is Nc1nccnc1C(=O)NCCc1ccc(C(F)(F)F)cc1. The number of nitrogen functional groups attached to an aromatic ring is 1. The molecule has 0 radical (unpaired) electrons. The van der Waals surface area contributed by atoms with Crippen LogP contribution in [-0.4, -0.2) is 22.4 Å². The predicted molar refractivity (Wildman–Crippen MR) is 73.9 cm³/mol. The number of hydrogen-bond acceptors (Lipinski definition) is 4. The number of carbonyl (C=O) groups excluding carboxylic acids is 1. The Morgan fingerprint density at radius 2 is 1.77 bits per heavy atom. The molecule has 5 nitrogen and oxygen atoms in total. The number of hydrogen-bond donors (Lipinski definition) is 2. The minimum absolute atomic E-state index is 0.0227. The summed E-state index contributed by atoms with van der Waals surface area (Å²) in [5, 5.41) is 2.59. The van der Waals surface area contributed by atoms with Gasteiger partial charge in [-0.1, -0.05) is 12.1 Å². The quantitative estimate of drug-likeness (QED) is 0.905. The molecule has 0 aliphatic carbocycles. The molecule has 1 heterocycles. The largest absolute Gasteiger partial charge is 0.416 e. The molecule has 1 aromatic heterocycles. The summed E-state index contributed by atoms with van der Waals surface area (Å²) in [5.41, 5.74) is 5.52. The summed E-state index contributed by atoms with van der Waals surface area (Å²) in [5.74, 6) is -0.452. The fraction of sp³-hybridized carbons (Fsp3) is 0.214. The molecule has 0 saturated carbocycles. The standard InChI is InChI=1S/C14H13F3N4O/c15-14(16,17)10-3-1-9(2-4-10)5-6-21-13(22)11-12(18)20-8-7-19-11/h1-4,7-8H,5-6H2,(H2,18,20)(H,21,22). The van der Waals surface area contributed by atoms with Gasteiger partial charge >= 0.3 is 6.18 Å². The maximum absolute atomic E-state index is 12.4. The Balaban J connectivity index is 1.89. The van der Waals surface area contributed by atoms with E-state index >= 15 is 0 Å². The van der Waals surface area contributed by atoms with E-state index in [1.807, 2.05) is 0 Å². The molecule has 0 saturated heterocycles. The van der Waals surface area contributed by atoms with Gasteiger partial charge in [0, 0.05) is 18.9 Å². The first kappa shape index (κ1) is 15.7. The van der Waals surface area contributed by atoms with Gasteiger partial charge < -0.3 is 11.1 Å². The van der Waals surface area contributed by atoms with Gasteiger partial charge in [0.25, 0.3) is 5.91 Å². The van der Waals surface area contributed by atoms with E-state index < -0.39 is 17.6 Å². The molecule has 116 valence electrons. The molecule has 2 aromatic rings. The molecule has 8 heteroatoms. The van der Waals surface area contributed by atoms with Crippen molar-refractivity contribution in [2.75, 3.05) is 12.3 Å². The number of alkyl halides is 3. The second kappa shape index (κ2) is 6.42. The second-order valence-corrected chi connectivity index (χ2v) is 4.49. The van der Waals surface area contributed by atoms with Crippen LogP contribution < -0.4 is 11.1 Å². The molecular weight excluding hydrogens is 297 g/mol. The first-order valence-electron chi connectivity index (χ1n) is 6.39. The van der Waals surface area contributed by atoms with Crippen LogP contribution in [0.1, 0.15) is 21.6 Å². The third-order valence-corrected chi connectivity index (χ3v) is 2.92. The van der Waals surface area contributed by atoms with Gasteiger partial charge in [-0.05, 0) is 24.1 Å². The number of nitrogens with one attached hydrogen (secondary N) is 1. The molecule has 0 fully saturated rings. The van der Waals surface area contributed by atoms with E-state index in [4.69, 9.17) is 5.73 Å². The third-order valence-electron chi connectivity index (χ3n) is 2.92. The Morgan fingerprint density at radius 1 is 1.14 bits per heavy atom. The molecule has 22 heavy (non-hydrogen) atoms. The summed E-state index contributed by atoms with van der Waals surface area (Å²) in [6.07, 6.45) is -1.24. The molecule has 0 bridgehead atoms. The minimum atomic E-state index is -4.35. The van der Waals surface area contributed by atoms with E-state index in [0.29, 0.717) is 12.0 Å². The Hall–Kier alpha value is -2.64. The van der Waals surface area contributed by atoms with E-state index in [1.54, 1.807) is 0 Å². The van der Waals surface area contributed by atoms with Gasteiger partial charge in [-0.2, -0.15) is 13.2 Å². The van der Waals surface area contributed by atoms with Gasteiger partial charge in [-0.25, -0.2) is 9.97 Å². The van der Waals surface area contributed by atoms with Crippen LogP contribution in [0.2, 0.25) is 0 Å². The maximum Gasteiger partial charge on any atom is 0.416 e. The summed E-state index contributed by atoms with van der Waals surface area (Å²) < 4.78 is 37.3. The van der Waals surface area contributed by atoms with Crippen molar-refractivity contribution in [3.8, 4) is 0 Å². The van der Waals surface area contributed by atoms with Gasteiger partial charge in [0.2, 0.25) is 0 Å². The highest BCUT2D eigenvalue weighted by Crippen LogP contribution is 2.29. The van der Waals surface area contributed by atoms with E-state index in [9.17, 15) is 18.0 Å². The molecule has 3 N–H and O–H groups in total. The average Bonchev–Trinajstić information content (AvgIpc) is 2.47. The summed E-state index contributed by atoms with van der Waals surface area (Å²) in [4.78, 5) is 19.4. The van der Waals surface area contributed by atoms with E-state index in [2.05, 4.69) is 15.3 Å². The molecule has 1 aromatic carbocycles. The van der Waals surface area contributed by atoms with Crippen LogP contribution in [0.3, 0.4) is 0 Å². The lowest BCUT2D eigenvalue weighted by Gasteiger charge is -2.08. The zero-order valence-electron chi connectivity index (χ0n) is 11.4. The van der Waals surface area contributed by atoms with E-state index in [-0.39, 0.29) is 18.1 Å². The summed E-state index contributed by atoms with van der Waals surface area (Å²) in [6.45, 7) is 0.250. The molecular formula is C14H13F3N4O. The number of benzene rings is 1. The Morgan fingerprint density at radius 3 is 2.36 bits per heavy atom. The first-order chi connectivity index (χ1) is 10.4. The van der Waals surface area contributed by atoms with Crippen molar-refractivity contribution in [3.05, 3.63) is 53.5 Å². The van der Waals surface area contributed by atoms with Crippen molar-refractivity contribution in [2.45, 2.75) is 12.6 Å². The highest BCUT2D eigenvalue weighted by atomic mass is 19.4. The molecule has 0 atom stereocenters. The number of rotatable bonds is 4. The lowest BCUT2D eigenvalue weighted by atomic mass is 10.1. The Bertz CT molecular complexity index is 656. The molecule has 0 aliphatic rings. The minimum Gasteiger partial charge on any atom is -0.382 e. The first-order valence-corrected chi connectivity index (χ1v) is 6.39. The molecule has 0 spiro atoms. The van der Waals surface area contributed by atoms with Crippen LogP contribution >= 0.6 is 0 Å². The molecule has 0 unspecified atom stereocenters. The summed E-state index contributed by atoms with van der Waals surface area (Å²) in [6, 6.07) is 4.78. The van der Waals surface area contributed by atoms with Crippen molar-refractivity contribution in [3.63, 3.8) is 0 Å². The highest BCUT2D eigenvalue weighted by molar-refractivity contribution is 5.96. The number of aromatic nitrogens is 2.